The Morgan fingerprint density at radius 2 is 1.86 bits per heavy atom. The normalized spacial score (nSPS) is 10.7. The van der Waals surface area contributed by atoms with E-state index in [1.165, 1.54) is 17.6 Å². The minimum Gasteiger partial charge on any atom is -0.483 e. The number of rotatable bonds is 7. The number of benzene rings is 2. The molecule has 1 N–H and O–H groups in total. The van der Waals surface area contributed by atoms with Gasteiger partial charge in [0.25, 0.3) is 5.91 Å². The van der Waals surface area contributed by atoms with Crippen LogP contribution in [-0.4, -0.2) is 24.7 Å². The number of thiophene rings is 1. The van der Waals surface area contributed by atoms with Crippen molar-refractivity contribution < 1.29 is 19.1 Å². The SMILES string of the molecule is Cc1cccc(OCC(=O)NN=Cc2ccc(OC(=O)c3cccs3)cc2)c1C. The summed E-state index contributed by atoms with van der Waals surface area (Å²) in [6.45, 7) is 3.81. The quantitative estimate of drug-likeness (QED) is 0.276. The lowest BCUT2D eigenvalue weighted by Gasteiger charge is -2.09. The highest BCUT2D eigenvalue weighted by atomic mass is 32.1. The van der Waals surface area contributed by atoms with Crippen molar-refractivity contribution in [2.45, 2.75) is 13.8 Å². The fraction of sp³-hybridized carbons (Fsp3) is 0.136. The number of hydrogen-bond acceptors (Lipinski definition) is 6. The first-order chi connectivity index (χ1) is 14.0. The van der Waals surface area contributed by atoms with E-state index in [-0.39, 0.29) is 12.5 Å². The van der Waals surface area contributed by atoms with E-state index in [0.717, 1.165) is 16.7 Å². The van der Waals surface area contributed by atoms with Crippen molar-refractivity contribution in [3.05, 3.63) is 81.5 Å². The first kappa shape index (κ1) is 20.3. The number of hydrazone groups is 1. The fourth-order valence-corrected chi connectivity index (χ4v) is 3.01. The molecule has 2 aromatic carbocycles. The largest absolute Gasteiger partial charge is 0.483 e. The maximum atomic E-state index is 11.9. The molecule has 7 heteroatoms. The summed E-state index contributed by atoms with van der Waals surface area (Å²) >= 11 is 1.32. The molecule has 3 aromatic rings. The van der Waals surface area contributed by atoms with E-state index in [4.69, 9.17) is 9.47 Å². The summed E-state index contributed by atoms with van der Waals surface area (Å²) in [5, 5.41) is 5.73. The molecular formula is C22H20N2O4S. The van der Waals surface area contributed by atoms with Gasteiger partial charge in [-0.25, -0.2) is 10.2 Å². The van der Waals surface area contributed by atoms with E-state index < -0.39 is 5.97 Å². The summed E-state index contributed by atoms with van der Waals surface area (Å²) in [5.41, 5.74) is 5.27. The van der Waals surface area contributed by atoms with Gasteiger partial charge in [0.15, 0.2) is 6.61 Å². The number of carbonyl (C=O) groups excluding carboxylic acids is 2. The zero-order valence-corrected chi connectivity index (χ0v) is 16.9. The van der Waals surface area contributed by atoms with Crippen LogP contribution < -0.4 is 14.9 Å². The molecule has 0 radical (unpaired) electrons. The second-order valence-corrected chi connectivity index (χ2v) is 7.16. The van der Waals surface area contributed by atoms with E-state index >= 15 is 0 Å². The van der Waals surface area contributed by atoms with Crippen LogP contribution in [-0.2, 0) is 4.79 Å². The summed E-state index contributed by atoms with van der Waals surface area (Å²) in [6, 6.07) is 16.0. The van der Waals surface area contributed by atoms with Crippen LogP contribution >= 0.6 is 11.3 Å². The molecule has 29 heavy (non-hydrogen) atoms. The maximum Gasteiger partial charge on any atom is 0.353 e. The van der Waals surface area contributed by atoms with Crippen LogP contribution in [0.25, 0.3) is 0 Å². The molecule has 1 aromatic heterocycles. The maximum absolute atomic E-state index is 11.9. The lowest BCUT2D eigenvalue weighted by atomic mass is 10.1. The van der Waals surface area contributed by atoms with Gasteiger partial charge in [-0.05, 0) is 72.3 Å². The molecule has 0 fully saturated rings. The molecule has 1 heterocycles. The number of nitrogens with one attached hydrogen (secondary N) is 1. The zero-order valence-electron chi connectivity index (χ0n) is 16.0. The van der Waals surface area contributed by atoms with Gasteiger partial charge in [0.2, 0.25) is 0 Å². The molecule has 0 unspecified atom stereocenters. The molecule has 1 amide bonds. The zero-order chi connectivity index (χ0) is 20.6. The Kier molecular flexibility index (Phi) is 6.76. The number of ether oxygens (including phenoxy) is 2. The molecule has 0 aliphatic rings. The van der Waals surface area contributed by atoms with Crippen LogP contribution in [0.2, 0.25) is 0 Å². The molecule has 0 aliphatic heterocycles. The second-order valence-electron chi connectivity index (χ2n) is 6.22. The van der Waals surface area contributed by atoms with Crippen molar-refractivity contribution in [2.24, 2.45) is 5.10 Å². The van der Waals surface area contributed by atoms with Gasteiger partial charge in [-0.1, -0.05) is 18.2 Å². The van der Waals surface area contributed by atoms with Crippen LogP contribution in [0.1, 0.15) is 26.4 Å². The van der Waals surface area contributed by atoms with Gasteiger partial charge >= 0.3 is 5.97 Å². The Bertz CT molecular complexity index is 1010. The third-order valence-corrected chi connectivity index (χ3v) is 4.98. The van der Waals surface area contributed by atoms with E-state index in [1.807, 2.05) is 37.4 Å². The van der Waals surface area contributed by atoms with Gasteiger partial charge in [0, 0.05) is 0 Å². The molecule has 0 bridgehead atoms. The van der Waals surface area contributed by atoms with Crippen molar-refractivity contribution >= 4 is 29.4 Å². The monoisotopic (exact) mass is 408 g/mol. The minimum absolute atomic E-state index is 0.126. The van der Waals surface area contributed by atoms with Crippen molar-refractivity contribution in [2.75, 3.05) is 6.61 Å². The first-order valence-electron chi connectivity index (χ1n) is 8.89. The highest BCUT2D eigenvalue weighted by molar-refractivity contribution is 7.12. The summed E-state index contributed by atoms with van der Waals surface area (Å²) < 4.78 is 10.8. The molecule has 148 valence electrons. The van der Waals surface area contributed by atoms with E-state index in [9.17, 15) is 9.59 Å². The third kappa shape index (κ3) is 5.76. The molecule has 0 saturated carbocycles. The Morgan fingerprint density at radius 1 is 1.07 bits per heavy atom. The van der Waals surface area contributed by atoms with Crippen molar-refractivity contribution in [3.8, 4) is 11.5 Å². The Labute approximate surface area is 172 Å². The van der Waals surface area contributed by atoms with Gasteiger partial charge < -0.3 is 9.47 Å². The van der Waals surface area contributed by atoms with Crippen molar-refractivity contribution in [1.29, 1.82) is 0 Å². The number of nitrogens with zero attached hydrogens (tertiary/aromatic N) is 1. The molecule has 0 aliphatic carbocycles. The Morgan fingerprint density at radius 3 is 2.59 bits per heavy atom. The predicted molar refractivity (Wildman–Crippen MR) is 113 cm³/mol. The van der Waals surface area contributed by atoms with Crippen molar-refractivity contribution in [3.63, 3.8) is 0 Å². The number of amides is 1. The van der Waals surface area contributed by atoms with E-state index in [2.05, 4.69) is 10.5 Å². The number of aryl methyl sites for hydroxylation is 1. The van der Waals surface area contributed by atoms with Crippen LogP contribution in [0.3, 0.4) is 0 Å². The minimum atomic E-state index is -0.391. The van der Waals surface area contributed by atoms with Crippen LogP contribution in [0.15, 0.2) is 65.1 Å². The van der Waals surface area contributed by atoms with Gasteiger partial charge in [-0.2, -0.15) is 5.10 Å². The van der Waals surface area contributed by atoms with Crippen LogP contribution in [0.5, 0.6) is 11.5 Å². The van der Waals surface area contributed by atoms with Crippen molar-refractivity contribution in [1.82, 2.24) is 5.43 Å². The molecule has 3 rings (SSSR count). The number of esters is 1. The number of carbonyl (C=O) groups is 2. The van der Waals surface area contributed by atoms with Gasteiger partial charge in [-0.15, -0.1) is 11.3 Å². The average Bonchev–Trinajstić information content (AvgIpc) is 3.25. The Hall–Kier alpha value is -3.45. The first-order valence-corrected chi connectivity index (χ1v) is 9.77. The summed E-state index contributed by atoms with van der Waals surface area (Å²) in [6.07, 6.45) is 1.50. The second kappa shape index (κ2) is 9.66. The van der Waals surface area contributed by atoms with Gasteiger partial charge in [0.05, 0.1) is 6.21 Å². The van der Waals surface area contributed by atoms with E-state index in [0.29, 0.717) is 16.4 Å². The molecule has 6 nitrogen and oxygen atoms in total. The fourth-order valence-electron chi connectivity index (χ4n) is 2.41. The molecular weight excluding hydrogens is 388 g/mol. The standard InChI is InChI=1S/C22H20N2O4S/c1-15-5-3-6-19(16(15)2)27-14-21(25)24-23-13-17-8-10-18(11-9-17)28-22(26)20-7-4-12-29-20/h3-13H,14H2,1-2H3,(H,24,25). The highest BCUT2D eigenvalue weighted by Gasteiger charge is 2.09. The lowest BCUT2D eigenvalue weighted by molar-refractivity contribution is -0.123. The molecule has 0 saturated heterocycles. The number of hydrogen-bond donors (Lipinski definition) is 1. The smallest absolute Gasteiger partial charge is 0.353 e. The lowest BCUT2D eigenvalue weighted by Crippen LogP contribution is -2.24. The summed E-state index contributed by atoms with van der Waals surface area (Å²) in [4.78, 5) is 24.3. The van der Waals surface area contributed by atoms with Gasteiger partial charge in [-0.3, -0.25) is 4.79 Å². The summed E-state index contributed by atoms with van der Waals surface area (Å²) in [5.74, 6) is 0.365. The predicted octanol–water partition coefficient (Wildman–Crippen LogP) is 4.11. The Balaban J connectivity index is 1.46. The molecule has 0 spiro atoms. The van der Waals surface area contributed by atoms with Crippen LogP contribution in [0.4, 0.5) is 0 Å². The highest BCUT2D eigenvalue weighted by Crippen LogP contribution is 2.20. The van der Waals surface area contributed by atoms with E-state index in [1.54, 1.807) is 36.4 Å². The molecule has 0 atom stereocenters. The topological polar surface area (TPSA) is 77.0 Å². The van der Waals surface area contributed by atoms with Crippen LogP contribution in [0, 0.1) is 13.8 Å². The average molecular weight is 408 g/mol. The van der Waals surface area contributed by atoms with Gasteiger partial charge in [0.1, 0.15) is 16.4 Å². The third-order valence-electron chi connectivity index (χ3n) is 4.13. The summed E-state index contributed by atoms with van der Waals surface area (Å²) in [7, 11) is 0.